The Kier molecular flexibility index (Phi) is 3.06. The zero-order valence-electron chi connectivity index (χ0n) is 10.0. The zero-order chi connectivity index (χ0) is 13.2. The van der Waals surface area contributed by atoms with Gasteiger partial charge in [-0.15, -0.1) is 11.3 Å². The predicted molar refractivity (Wildman–Crippen MR) is 75.2 cm³/mol. The number of nitrogens with two attached hydrogens (primary N) is 1. The lowest BCUT2D eigenvalue weighted by Crippen LogP contribution is -2.04. The lowest BCUT2D eigenvalue weighted by molar-refractivity contribution is 0.103. The fraction of sp³-hybridized carbons (Fsp3) is 0.0714. The average molecular weight is 269 g/mol. The summed E-state index contributed by atoms with van der Waals surface area (Å²) in [7, 11) is 0. The molecule has 94 valence electrons. The number of para-hydroxylation sites is 1. The van der Waals surface area contributed by atoms with Crippen molar-refractivity contribution in [2.45, 2.75) is 6.54 Å². The van der Waals surface area contributed by atoms with E-state index in [1.165, 1.54) is 11.3 Å². The van der Waals surface area contributed by atoms with Gasteiger partial charge in [-0.25, -0.2) is 4.98 Å². The second-order valence-electron chi connectivity index (χ2n) is 4.08. The van der Waals surface area contributed by atoms with Crippen LogP contribution in [-0.4, -0.2) is 15.8 Å². The van der Waals surface area contributed by atoms with Gasteiger partial charge in [0, 0.05) is 29.1 Å². The van der Waals surface area contributed by atoms with Gasteiger partial charge in [-0.2, -0.15) is 0 Å². The number of thiazole rings is 1. The maximum Gasteiger partial charge on any atom is 0.213 e. The topological polar surface area (TPSA) is 68.9 Å². The Balaban J connectivity index is 2.01. The molecular weight excluding hydrogens is 258 g/mol. The van der Waals surface area contributed by atoms with Crippen LogP contribution in [0.1, 0.15) is 21.1 Å². The Morgan fingerprint density at radius 3 is 2.95 bits per heavy atom. The van der Waals surface area contributed by atoms with Crippen LogP contribution in [0.25, 0.3) is 10.9 Å². The molecule has 0 spiro atoms. The van der Waals surface area contributed by atoms with Gasteiger partial charge in [0.25, 0.3) is 0 Å². The molecule has 0 atom stereocenters. The van der Waals surface area contributed by atoms with Crippen LogP contribution in [-0.2, 0) is 6.54 Å². The van der Waals surface area contributed by atoms with Crippen LogP contribution in [0.5, 0.6) is 0 Å². The van der Waals surface area contributed by atoms with E-state index in [0.29, 0.717) is 17.8 Å². The number of carbonyl (C=O) groups is 1. The van der Waals surface area contributed by atoms with Crippen LogP contribution >= 0.6 is 11.3 Å². The molecule has 19 heavy (non-hydrogen) atoms. The van der Waals surface area contributed by atoms with Crippen molar-refractivity contribution in [1.82, 2.24) is 9.97 Å². The number of benzene rings is 1. The number of nitrogens with zero attached hydrogens (tertiary/aromatic N) is 2. The van der Waals surface area contributed by atoms with Crippen LogP contribution in [0.15, 0.2) is 41.9 Å². The quantitative estimate of drug-likeness (QED) is 0.741. The first-order valence-electron chi connectivity index (χ1n) is 5.82. The number of carbonyl (C=O) groups excluding carboxylic acids is 1. The average Bonchev–Trinajstić information content (AvgIpc) is 2.95. The summed E-state index contributed by atoms with van der Waals surface area (Å²) in [5, 5.41) is 3.44. The van der Waals surface area contributed by atoms with Crippen LogP contribution < -0.4 is 5.73 Å². The molecule has 3 rings (SSSR count). The molecule has 0 aliphatic carbocycles. The van der Waals surface area contributed by atoms with Gasteiger partial charge in [-0.3, -0.25) is 9.78 Å². The molecule has 0 aliphatic rings. The Bertz CT molecular complexity index is 751. The molecule has 4 nitrogen and oxygen atoms in total. The Morgan fingerprint density at radius 2 is 2.16 bits per heavy atom. The molecule has 0 amide bonds. The molecule has 5 heteroatoms. The van der Waals surface area contributed by atoms with Gasteiger partial charge >= 0.3 is 0 Å². The smallest absolute Gasteiger partial charge is 0.213 e. The largest absolute Gasteiger partial charge is 0.325 e. The summed E-state index contributed by atoms with van der Waals surface area (Å²) in [6, 6.07) is 9.54. The molecule has 0 saturated carbocycles. The Morgan fingerprint density at radius 1 is 1.32 bits per heavy atom. The molecule has 0 unspecified atom stereocenters. The van der Waals surface area contributed by atoms with Crippen LogP contribution in [0.4, 0.5) is 0 Å². The SMILES string of the molecule is NCc1nc(C(=O)c2cnc3ccccc3c2)cs1. The molecular formula is C14H11N3OS. The van der Waals surface area contributed by atoms with Crippen molar-refractivity contribution in [2.24, 2.45) is 5.73 Å². The number of rotatable bonds is 3. The van der Waals surface area contributed by atoms with E-state index < -0.39 is 0 Å². The van der Waals surface area contributed by atoms with Gasteiger partial charge < -0.3 is 5.73 Å². The molecule has 2 aromatic heterocycles. The highest BCUT2D eigenvalue weighted by Crippen LogP contribution is 2.17. The number of hydrogen-bond donors (Lipinski definition) is 1. The van der Waals surface area contributed by atoms with Crippen LogP contribution in [0, 0.1) is 0 Å². The van der Waals surface area contributed by atoms with Gasteiger partial charge in [0.15, 0.2) is 0 Å². The third kappa shape index (κ3) is 2.25. The number of pyridine rings is 1. The first-order chi connectivity index (χ1) is 9.28. The second-order valence-corrected chi connectivity index (χ2v) is 5.02. The molecule has 0 saturated heterocycles. The zero-order valence-corrected chi connectivity index (χ0v) is 10.9. The number of ketones is 1. The van der Waals surface area contributed by atoms with Crippen LogP contribution in [0.2, 0.25) is 0 Å². The normalized spacial score (nSPS) is 10.8. The Labute approximate surface area is 113 Å². The number of hydrogen-bond acceptors (Lipinski definition) is 5. The molecule has 0 aliphatic heterocycles. The van der Waals surface area contributed by atoms with E-state index in [1.54, 1.807) is 11.6 Å². The van der Waals surface area contributed by atoms with E-state index >= 15 is 0 Å². The molecule has 0 radical (unpaired) electrons. The van der Waals surface area contributed by atoms with Crippen molar-refractivity contribution in [3.05, 3.63) is 58.2 Å². The molecule has 2 heterocycles. The highest BCUT2D eigenvalue weighted by molar-refractivity contribution is 7.09. The van der Waals surface area contributed by atoms with Gasteiger partial charge in [0.1, 0.15) is 10.7 Å². The fourth-order valence-electron chi connectivity index (χ4n) is 1.85. The van der Waals surface area contributed by atoms with Crippen molar-refractivity contribution in [1.29, 1.82) is 0 Å². The van der Waals surface area contributed by atoms with Gasteiger partial charge in [0.2, 0.25) is 5.78 Å². The highest BCUT2D eigenvalue weighted by atomic mass is 32.1. The van der Waals surface area contributed by atoms with Crippen molar-refractivity contribution in [2.75, 3.05) is 0 Å². The van der Waals surface area contributed by atoms with Gasteiger partial charge in [0.05, 0.1) is 5.52 Å². The van der Waals surface area contributed by atoms with E-state index in [0.717, 1.165) is 15.9 Å². The monoisotopic (exact) mass is 269 g/mol. The Hall–Kier alpha value is -2.11. The highest BCUT2D eigenvalue weighted by Gasteiger charge is 2.13. The molecule has 1 aromatic carbocycles. The van der Waals surface area contributed by atoms with Crippen molar-refractivity contribution in [3.8, 4) is 0 Å². The van der Waals surface area contributed by atoms with E-state index in [4.69, 9.17) is 5.73 Å². The summed E-state index contributed by atoms with van der Waals surface area (Å²) < 4.78 is 0. The second kappa shape index (κ2) is 4.87. The maximum absolute atomic E-state index is 12.3. The minimum absolute atomic E-state index is 0.116. The van der Waals surface area contributed by atoms with Crippen molar-refractivity contribution >= 4 is 28.0 Å². The number of aromatic nitrogens is 2. The number of fused-ring (bicyclic) bond motifs is 1. The van der Waals surface area contributed by atoms with Gasteiger partial charge in [-0.1, -0.05) is 18.2 Å². The van der Waals surface area contributed by atoms with Gasteiger partial charge in [-0.05, 0) is 12.1 Å². The third-order valence-electron chi connectivity index (χ3n) is 2.81. The standard InChI is InChI=1S/C14H11N3OS/c15-6-13-17-12(8-19-13)14(18)10-5-9-3-1-2-4-11(9)16-7-10/h1-5,7-8H,6,15H2. The summed E-state index contributed by atoms with van der Waals surface area (Å²) >= 11 is 1.40. The minimum atomic E-state index is -0.116. The summed E-state index contributed by atoms with van der Waals surface area (Å²) in [6.07, 6.45) is 1.59. The first-order valence-corrected chi connectivity index (χ1v) is 6.70. The third-order valence-corrected chi connectivity index (χ3v) is 3.68. The van der Waals surface area contributed by atoms with E-state index in [-0.39, 0.29) is 5.78 Å². The molecule has 0 fully saturated rings. The minimum Gasteiger partial charge on any atom is -0.325 e. The van der Waals surface area contributed by atoms with E-state index in [1.807, 2.05) is 30.3 Å². The predicted octanol–water partition coefficient (Wildman–Crippen LogP) is 2.38. The molecule has 0 bridgehead atoms. The van der Waals surface area contributed by atoms with E-state index in [2.05, 4.69) is 9.97 Å². The maximum atomic E-state index is 12.3. The molecule has 3 aromatic rings. The lowest BCUT2D eigenvalue weighted by Gasteiger charge is -2.00. The molecule has 2 N–H and O–H groups in total. The van der Waals surface area contributed by atoms with Crippen LogP contribution in [0.3, 0.4) is 0 Å². The summed E-state index contributed by atoms with van der Waals surface area (Å²) in [5.41, 5.74) is 7.36. The summed E-state index contributed by atoms with van der Waals surface area (Å²) in [6.45, 7) is 0.355. The fourth-order valence-corrected chi connectivity index (χ4v) is 2.51. The van der Waals surface area contributed by atoms with Crippen molar-refractivity contribution in [3.63, 3.8) is 0 Å². The van der Waals surface area contributed by atoms with E-state index in [9.17, 15) is 4.79 Å². The summed E-state index contributed by atoms with van der Waals surface area (Å²) in [4.78, 5) is 20.8. The van der Waals surface area contributed by atoms with Crippen molar-refractivity contribution < 1.29 is 4.79 Å². The lowest BCUT2D eigenvalue weighted by atomic mass is 10.1. The summed E-state index contributed by atoms with van der Waals surface area (Å²) in [5.74, 6) is -0.116. The first kappa shape index (κ1) is 12.0.